The first-order valence-electron chi connectivity index (χ1n) is 7.77. The highest BCUT2D eigenvalue weighted by Crippen LogP contribution is 2.12. The fourth-order valence-electron chi connectivity index (χ4n) is 2.19. The van der Waals surface area contributed by atoms with Gasteiger partial charge in [-0.15, -0.1) is 10.2 Å². The van der Waals surface area contributed by atoms with E-state index in [1.807, 2.05) is 18.2 Å². The van der Waals surface area contributed by atoms with Crippen molar-refractivity contribution in [1.82, 2.24) is 10.2 Å². The summed E-state index contributed by atoms with van der Waals surface area (Å²) in [5.41, 5.74) is 2.24. The van der Waals surface area contributed by atoms with E-state index in [1.165, 1.54) is 24.3 Å². The Bertz CT molecular complexity index is 932. The van der Waals surface area contributed by atoms with Crippen molar-refractivity contribution in [3.8, 4) is 6.07 Å². The molecule has 0 radical (unpaired) electrons. The Morgan fingerprint density at radius 1 is 1.00 bits per heavy atom. The van der Waals surface area contributed by atoms with E-state index in [0.29, 0.717) is 23.6 Å². The monoisotopic (exact) mass is 347 g/mol. The molecule has 0 spiro atoms. The lowest BCUT2D eigenvalue weighted by Crippen LogP contribution is -2.12. The van der Waals surface area contributed by atoms with Crippen LogP contribution in [0.15, 0.2) is 60.7 Å². The highest BCUT2D eigenvalue weighted by Gasteiger charge is 2.06. The third-order valence-corrected chi connectivity index (χ3v) is 3.57. The number of carbonyl (C=O) groups is 1. The number of hydrogen-bond acceptors (Lipinski definition) is 5. The van der Waals surface area contributed by atoms with Gasteiger partial charge in [-0.1, -0.05) is 12.1 Å². The molecule has 3 aromatic rings. The standard InChI is InChI=1S/C19H14FN5O/c20-15-5-7-16(8-6-15)23-19(26)14-3-1-13(2-4-14)12-22-18-10-9-17(11-21)24-25-18/h1-10H,12H2,(H,22,25)(H,23,26). The number of nitriles is 1. The summed E-state index contributed by atoms with van der Waals surface area (Å²) in [6.45, 7) is 0.500. The van der Waals surface area contributed by atoms with Gasteiger partial charge >= 0.3 is 0 Å². The van der Waals surface area contributed by atoms with Crippen molar-refractivity contribution in [2.45, 2.75) is 6.54 Å². The maximum Gasteiger partial charge on any atom is 0.255 e. The summed E-state index contributed by atoms with van der Waals surface area (Å²) in [4.78, 5) is 12.2. The second-order valence-corrected chi connectivity index (χ2v) is 5.43. The summed E-state index contributed by atoms with van der Waals surface area (Å²) < 4.78 is 12.9. The number of nitrogens with zero attached hydrogens (tertiary/aromatic N) is 3. The lowest BCUT2D eigenvalue weighted by Gasteiger charge is -2.07. The molecule has 2 N–H and O–H groups in total. The van der Waals surface area contributed by atoms with Gasteiger partial charge in [-0.25, -0.2) is 4.39 Å². The highest BCUT2D eigenvalue weighted by atomic mass is 19.1. The molecule has 0 fully saturated rings. The molecule has 0 saturated carbocycles. The quantitative estimate of drug-likeness (QED) is 0.738. The minimum Gasteiger partial charge on any atom is -0.365 e. The van der Waals surface area contributed by atoms with Gasteiger partial charge in [0.2, 0.25) is 0 Å². The Labute approximate surface area is 149 Å². The second-order valence-electron chi connectivity index (χ2n) is 5.43. The normalized spacial score (nSPS) is 10.0. The number of hydrogen-bond donors (Lipinski definition) is 2. The van der Waals surface area contributed by atoms with E-state index in [2.05, 4.69) is 20.8 Å². The molecule has 6 nitrogen and oxygen atoms in total. The molecule has 2 aromatic carbocycles. The smallest absolute Gasteiger partial charge is 0.255 e. The Balaban J connectivity index is 1.57. The van der Waals surface area contributed by atoms with E-state index in [0.717, 1.165) is 5.56 Å². The summed E-state index contributed by atoms with van der Waals surface area (Å²) in [6.07, 6.45) is 0. The van der Waals surface area contributed by atoms with Gasteiger partial charge < -0.3 is 10.6 Å². The SMILES string of the molecule is N#Cc1ccc(NCc2ccc(C(=O)Nc3ccc(F)cc3)cc2)nn1. The molecule has 0 aliphatic carbocycles. The van der Waals surface area contributed by atoms with E-state index in [9.17, 15) is 9.18 Å². The molecular formula is C19H14FN5O. The van der Waals surface area contributed by atoms with E-state index in [1.54, 1.807) is 24.3 Å². The van der Waals surface area contributed by atoms with Crippen molar-refractivity contribution >= 4 is 17.4 Å². The maximum atomic E-state index is 12.9. The third kappa shape index (κ3) is 4.39. The minimum atomic E-state index is -0.355. The van der Waals surface area contributed by atoms with Crippen LogP contribution in [0.1, 0.15) is 21.6 Å². The molecule has 26 heavy (non-hydrogen) atoms. The Morgan fingerprint density at radius 3 is 2.35 bits per heavy atom. The van der Waals surface area contributed by atoms with Crippen LogP contribution in [-0.2, 0) is 6.54 Å². The highest BCUT2D eigenvalue weighted by molar-refractivity contribution is 6.04. The van der Waals surface area contributed by atoms with Crippen molar-refractivity contribution in [2.75, 3.05) is 10.6 Å². The number of amides is 1. The molecule has 7 heteroatoms. The number of nitrogens with one attached hydrogen (secondary N) is 2. The van der Waals surface area contributed by atoms with Crippen LogP contribution in [0.3, 0.4) is 0 Å². The fourth-order valence-corrected chi connectivity index (χ4v) is 2.19. The molecule has 0 aliphatic heterocycles. The third-order valence-electron chi connectivity index (χ3n) is 3.57. The van der Waals surface area contributed by atoms with Gasteiger partial charge in [0.05, 0.1) is 0 Å². The largest absolute Gasteiger partial charge is 0.365 e. The molecule has 128 valence electrons. The Morgan fingerprint density at radius 2 is 1.73 bits per heavy atom. The first-order chi connectivity index (χ1) is 12.6. The van der Waals surface area contributed by atoms with Crippen LogP contribution in [0.2, 0.25) is 0 Å². The molecular weight excluding hydrogens is 333 g/mol. The van der Waals surface area contributed by atoms with Gasteiger partial charge in [0, 0.05) is 17.8 Å². The molecule has 1 amide bonds. The van der Waals surface area contributed by atoms with Gasteiger partial charge in [-0.05, 0) is 54.1 Å². The predicted octanol–water partition coefficient (Wildman–Crippen LogP) is 3.35. The van der Waals surface area contributed by atoms with Crippen LogP contribution >= 0.6 is 0 Å². The van der Waals surface area contributed by atoms with Crippen molar-refractivity contribution in [3.63, 3.8) is 0 Å². The molecule has 0 bridgehead atoms. The lowest BCUT2D eigenvalue weighted by molar-refractivity contribution is 0.102. The topological polar surface area (TPSA) is 90.7 Å². The molecule has 0 aliphatic rings. The van der Waals surface area contributed by atoms with Gasteiger partial charge in [-0.2, -0.15) is 5.26 Å². The van der Waals surface area contributed by atoms with Gasteiger partial charge in [-0.3, -0.25) is 4.79 Å². The first-order valence-corrected chi connectivity index (χ1v) is 7.77. The van der Waals surface area contributed by atoms with Crippen molar-refractivity contribution < 1.29 is 9.18 Å². The number of benzene rings is 2. The summed E-state index contributed by atoms with van der Waals surface area (Å²) in [7, 11) is 0. The van der Waals surface area contributed by atoms with Gasteiger partial charge in [0.25, 0.3) is 5.91 Å². The predicted molar refractivity (Wildman–Crippen MR) is 94.9 cm³/mol. The van der Waals surface area contributed by atoms with Crippen LogP contribution in [0, 0.1) is 17.1 Å². The number of carbonyl (C=O) groups excluding carboxylic acids is 1. The summed E-state index contributed by atoms with van der Waals surface area (Å²) >= 11 is 0. The van der Waals surface area contributed by atoms with Crippen LogP contribution in [0.4, 0.5) is 15.9 Å². The molecule has 1 aromatic heterocycles. The summed E-state index contributed by atoms with van der Waals surface area (Å²) in [5, 5.41) is 22.1. The van der Waals surface area contributed by atoms with Gasteiger partial charge in [0.1, 0.15) is 17.7 Å². The van der Waals surface area contributed by atoms with Gasteiger partial charge in [0.15, 0.2) is 5.69 Å². The maximum absolute atomic E-state index is 12.9. The molecule has 0 unspecified atom stereocenters. The number of anilines is 2. The molecule has 0 atom stereocenters. The fraction of sp³-hybridized carbons (Fsp3) is 0.0526. The van der Waals surface area contributed by atoms with Crippen LogP contribution in [0.25, 0.3) is 0 Å². The van der Waals surface area contributed by atoms with E-state index < -0.39 is 0 Å². The van der Waals surface area contributed by atoms with Crippen molar-refractivity contribution in [1.29, 1.82) is 5.26 Å². The van der Waals surface area contributed by atoms with Crippen molar-refractivity contribution in [2.24, 2.45) is 0 Å². The Kier molecular flexibility index (Phi) is 5.15. The lowest BCUT2D eigenvalue weighted by atomic mass is 10.1. The summed E-state index contributed by atoms with van der Waals surface area (Å²) in [5.74, 6) is -0.0667. The molecule has 3 rings (SSSR count). The minimum absolute atomic E-state index is 0.257. The Hall–Kier alpha value is -3.79. The van der Waals surface area contributed by atoms with E-state index in [-0.39, 0.29) is 17.4 Å². The summed E-state index contributed by atoms with van der Waals surface area (Å²) in [6, 6.07) is 17.8. The second kappa shape index (κ2) is 7.85. The van der Waals surface area contributed by atoms with Crippen LogP contribution < -0.4 is 10.6 Å². The average molecular weight is 347 g/mol. The van der Waals surface area contributed by atoms with E-state index >= 15 is 0 Å². The van der Waals surface area contributed by atoms with E-state index in [4.69, 9.17) is 5.26 Å². The zero-order valence-electron chi connectivity index (χ0n) is 13.6. The van der Waals surface area contributed by atoms with Crippen LogP contribution in [0.5, 0.6) is 0 Å². The zero-order chi connectivity index (χ0) is 18.4. The zero-order valence-corrected chi connectivity index (χ0v) is 13.6. The number of halogens is 1. The molecule has 1 heterocycles. The average Bonchev–Trinajstić information content (AvgIpc) is 2.69. The number of aromatic nitrogens is 2. The van der Waals surface area contributed by atoms with Crippen LogP contribution in [-0.4, -0.2) is 16.1 Å². The number of rotatable bonds is 5. The van der Waals surface area contributed by atoms with Crippen molar-refractivity contribution in [3.05, 3.63) is 83.3 Å². The molecule has 0 saturated heterocycles. The first kappa shape index (κ1) is 17.0.